The Morgan fingerprint density at radius 1 is 0.893 bits per heavy atom. The van der Waals surface area contributed by atoms with Crippen molar-refractivity contribution in [3.63, 3.8) is 0 Å². The average Bonchev–Trinajstić information content (AvgIpc) is 2.65. The number of hydrogen-bond acceptors (Lipinski definition) is 6. The van der Waals surface area contributed by atoms with Crippen molar-refractivity contribution in [2.75, 3.05) is 32.7 Å². The second kappa shape index (κ2) is 18.5. The molecule has 164 valence electrons. The Hall–Kier alpha value is -1.91. The molecule has 0 saturated heterocycles. The molecule has 10 nitrogen and oxygen atoms in total. The molecule has 0 radical (unpaired) electrons. The van der Waals surface area contributed by atoms with Gasteiger partial charge in [0.1, 0.15) is 0 Å². The number of rotatable bonds is 18. The number of nitrogens with zero attached hydrogens (tertiary/aromatic N) is 1. The van der Waals surface area contributed by atoms with Crippen molar-refractivity contribution in [3.05, 3.63) is 0 Å². The van der Waals surface area contributed by atoms with Crippen LogP contribution in [0.4, 0.5) is 0 Å². The average molecular weight is 402 g/mol. The van der Waals surface area contributed by atoms with Crippen molar-refractivity contribution in [1.29, 1.82) is 0 Å². The molecule has 0 aliphatic carbocycles. The Kier molecular flexibility index (Phi) is 17.2. The van der Waals surface area contributed by atoms with E-state index in [0.29, 0.717) is 26.1 Å². The van der Waals surface area contributed by atoms with Gasteiger partial charge in [-0.25, -0.2) is 0 Å². The molecule has 0 unspecified atom stereocenters. The van der Waals surface area contributed by atoms with Gasteiger partial charge in [-0.15, -0.1) is 0 Å². The van der Waals surface area contributed by atoms with E-state index in [9.17, 15) is 14.7 Å². The van der Waals surface area contributed by atoms with Crippen molar-refractivity contribution >= 4 is 17.8 Å². The number of carbonyl (C=O) groups is 2. The van der Waals surface area contributed by atoms with Gasteiger partial charge in [0.15, 0.2) is 5.96 Å². The van der Waals surface area contributed by atoms with Crippen LogP contribution in [0.2, 0.25) is 0 Å². The molecule has 0 aliphatic rings. The van der Waals surface area contributed by atoms with Gasteiger partial charge in [0.25, 0.3) is 5.91 Å². The highest BCUT2D eigenvalue weighted by atomic mass is 16.3. The predicted molar refractivity (Wildman–Crippen MR) is 111 cm³/mol. The van der Waals surface area contributed by atoms with Gasteiger partial charge in [0.2, 0.25) is 12.1 Å². The summed E-state index contributed by atoms with van der Waals surface area (Å²) in [6, 6.07) is 0. The Morgan fingerprint density at radius 2 is 1.54 bits per heavy atom. The lowest BCUT2D eigenvalue weighted by atomic mass is 10.1. The van der Waals surface area contributed by atoms with E-state index < -0.39 is 12.1 Å². The van der Waals surface area contributed by atoms with Gasteiger partial charge in [-0.2, -0.15) is 0 Å². The third-order valence-electron chi connectivity index (χ3n) is 4.04. The minimum atomic E-state index is -1.50. The first-order valence-corrected chi connectivity index (χ1v) is 10.2. The van der Waals surface area contributed by atoms with Crippen LogP contribution in [-0.4, -0.2) is 61.8 Å². The van der Waals surface area contributed by atoms with Crippen molar-refractivity contribution in [1.82, 2.24) is 16.0 Å². The molecule has 0 aromatic carbocycles. The number of nitrogens with one attached hydrogen (secondary N) is 3. The first kappa shape index (κ1) is 26.1. The Bertz CT molecular complexity index is 443. The van der Waals surface area contributed by atoms with Gasteiger partial charge in [-0.1, -0.05) is 19.3 Å². The smallest absolute Gasteiger partial charge is 0.269 e. The maximum absolute atomic E-state index is 11.8. The first-order chi connectivity index (χ1) is 13.5. The van der Waals surface area contributed by atoms with Crippen LogP contribution in [0.15, 0.2) is 4.99 Å². The van der Waals surface area contributed by atoms with E-state index in [0.717, 1.165) is 58.0 Å². The van der Waals surface area contributed by atoms with Crippen molar-refractivity contribution in [2.45, 2.75) is 64.0 Å². The second-order valence-electron chi connectivity index (χ2n) is 6.68. The topological polar surface area (TPSA) is 181 Å². The lowest BCUT2D eigenvalue weighted by Crippen LogP contribution is -2.46. The molecule has 28 heavy (non-hydrogen) atoms. The summed E-state index contributed by atoms with van der Waals surface area (Å²) in [6.07, 6.45) is 5.93. The van der Waals surface area contributed by atoms with Crippen molar-refractivity contribution < 1.29 is 14.7 Å². The summed E-state index contributed by atoms with van der Waals surface area (Å²) >= 11 is 0. The van der Waals surface area contributed by atoms with Gasteiger partial charge in [-0.3, -0.25) is 14.6 Å². The zero-order chi connectivity index (χ0) is 21.0. The largest absolute Gasteiger partial charge is 0.370 e. The molecular weight excluding hydrogens is 362 g/mol. The van der Waals surface area contributed by atoms with Crippen molar-refractivity contribution in [2.24, 2.45) is 22.2 Å². The third-order valence-corrected chi connectivity index (χ3v) is 4.04. The quantitative estimate of drug-likeness (QED) is 0.0656. The minimum absolute atomic E-state index is 0.106. The molecule has 0 spiro atoms. The number of hydrogen-bond donors (Lipinski definition) is 7. The zero-order valence-electron chi connectivity index (χ0n) is 16.9. The lowest BCUT2D eigenvalue weighted by molar-refractivity contribution is -0.136. The third kappa shape index (κ3) is 17.5. The normalized spacial score (nSPS) is 11.6. The number of unbranched alkanes of at least 4 members (excludes halogenated alkanes) is 5. The molecule has 1 atom stereocenters. The fourth-order valence-electron chi connectivity index (χ4n) is 2.46. The number of aliphatic hydroxyl groups is 1. The monoisotopic (exact) mass is 401 g/mol. The zero-order valence-corrected chi connectivity index (χ0v) is 16.9. The minimum Gasteiger partial charge on any atom is -0.370 e. The SMILES string of the molecule is NCCCNCCCCNC(=O)[C@H](O)NC(=O)CCCCCCCN=C(N)N. The van der Waals surface area contributed by atoms with Crippen LogP contribution in [0, 0.1) is 0 Å². The molecule has 0 fully saturated rings. The van der Waals surface area contributed by atoms with Crippen LogP contribution < -0.4 is 33.2 Å². The van der Waals surface area contributed by atoms with Crippen LogP contribution >= 0.6 is 0 Å². The summed E-state index contributed by atoms with van der Waals surface area (Å²) in [5, 5.41) is 17.9. The summed E-state index contributed by atoms with van der Waals surface area (Å²) in [5.41, 5.74) is 15.9. The van der Waals surface area contributed by atoms with E-state index in [1.165, 1.54) is 0 Å². The maximum Gasteiger partial charge on any atom is 0.269 e. The number of amides is 2. The number of aliphatic imine (C=N–C) groups is 1. The molecular formula is C18H39N7O3. The number of aliphatic hydroxyl groups excluding tert-OH is 1. The molecule has 0 aromatic rings. The Labute approximate surface area is 168 Å². The molecule has 0 saturated carbocycles. The van der Waals surface area contributed by atoms with Crippen LogP contribution in [0.25, 0.3) is 0 Å². The highest BCUT2D eigenvalue weighted by Gasteiger charge is 2.16. The van der Waals surface area contributed by atoms with Crippen LogP contribution in [0.5, 0.6) is 0 Å². The summed E-state index contributed by atoms with van der Waals surface area (Å²) in [6.45, 7) is 3.52. The van der Waals surface area contributed by atoms with E-state index in [4.69, 9.17) is 17.2 Å². The molecule has 0 rings (SSSR count). The highest BCUT2D eigenvalue weighted by Crippen LogP contribution is 2.05. The van der Waals surface area contributed by atoms with Crippen LogP contribution in [0.1, 0.15) is 57.8 Å². The summed E-state index contributed by atoms with van der Waals surface area (Å²) in [4.78, 5) is 27.4. The molecule has 0 aliphatic heterocycles. The van der Waals surface area contributed by atoms with Crippen molar-refractivity contribution in [3.8, 4) is 0 Å². The molecule has 2 amide bonds. The van der Waals surface area contributed by atoms with Gasteiger partial charge >= 0.3 is 0 Å². The van der Waals surface area contributed by atoms with Gasteiger partial charge < -0.3 is 38.3 Å². The van der Waals surface area contributed by atoms with E-state index >= 15 is 0 Å². The van der Waals surface area contributed by atoms with E-state index in [1.54, 1.807) is 0 Å². The molecule has 10 N–H and O–H groups in total. The van der Waals surface area contributed by atoms with Gasteiger partial charge in [-0.05, 0) is 51.7 Å². The number of nitrogens with two attached hydrogens (primary N) is 3. The standard InChI is InChI=1S/C18H39N7O3/c19-10-8-12-22-11-6-7-13-23-16(27)17(28)25-15(26)9-4-2-1-3-5-14-24-18(20)21/h17,22,28H,1-14,19H2,(H,23,27)(H,25,26)(H4,20,21,24)/t17-/m0/s1. The van der Waals surface area contributed by atoms with Crippen LogP contribution in [-0.2, 0) is 9.59 Å². The molecule has 0 bridgehead atoms. The maximum atomic E-state index is 11.8. The fourth-order valence-corrected chi connectivity index (χ4v) is 2.46. The van der Waals surface area contributed by atoms with E-state index in [2.05, 4.69) is 20.9 Å². The summed E-state index contributed by atoms with van der Waals surface area (Å²) in [7, 11) is 0. The molecule has 0 aromatic heterocycles. The first-order valence-electron chi connectivity index (χ1n) is 10.2. The molecule has 10 heteroatoms. The Balaban J connectivity index is 3.57. The highest BCUT2D eigenvalue weighted by molar-refractivity contribution is 5.86. The number of carbonyl (C=O) groups excluding carboxylic acids is 2. The van der Waals surface area contributed by atoms with Gasteiger partial charge in [0.05, 0.1) is 0 Å². The molecule has 0 heterocycles. The van der Waals surface area contributed by atoms with Gasteiger partial charge in [0, 0.05) is 19.5 Å². The second-order valence-corrected chi connectivity index (χ2v) is 6.68. The fraction of sp³-hybridized carbons (Fsp3) is 0.833. The van der Waals surface area contributed by atoms with Crippen LogP contribution in [0.3, 0.4) is 0 Å². The Morgan fingerprint density at radius 3 is 2.25 bits per heavy atom. The predicted octanol–water partition coefficient (Wildman–Crippen LogP) is -1.13. The van der Waals surface area contributed by atoms with E-state index in [1.807, 2.05) is 0 Å². The summed E-state index contributed by atoms with van der Waals surface area (Å²) in [5.74, 6) is -0.800. The lowest BCUT2D eigenvalue weighted by Gasteiger charge is -2.13. The van der Waals surface area contributed by atoms with E-state index in [-0.39, 0.29) is 18.3 Å². The summed E-state index contributed by atoms with van der Waals surface area (Å²) < 4.78 is 0. The number of guanidine groups is 1.